The van der Waals surface area contributed by atoms with E-state index in [2.05, 4.69) is 26.1 Å². The molecule has 0 N–H and O–H groups in total. The van der Waals surface area contributed by atoms with Gasteiger partial charge < -0.3 is 9.64 Å². The Balaban J connectivity index is 1.55. The zero-order valence-electron chi connectivity index (χ0n) is 13.0. The minimum absolute atomic E-state index is 0.550. The zero-order chi connectivity index (χ0) is 15.2. The fraction of sp³-hybridized carbons (Fsp3) is 0.562. The van der Waals surface area contributed by atoms with Crippen LogP contribution in [-0.4, -0.2) is 47.2 Å². The number of rotatable bonds is 4. The second kappa shape index (κ2) is 5.26. The van der Waals surface area contributed by atoms with E-state index < -0.39 is 0 Å². The zero-order valence-corrected chi connectivity index (χ0v) is 13.8. The summed E-state index contributed by atoms with van der Waals surface area (Å²) in [5.41, 5.74) is 1.35. The molecule has 1 saturated heterocycles. The van der Waals surface area contributed by atoms with Gasteiger partial charge in [0.15, 0.2) is 0 Å². The van der Waals surface area contributed by atoms with Crippen LogP contribution in [0.1, 0.15) is 12.8 Å². The van der Waals surface area contributed by atoms with E-state index in [1.807, 2.05) is 17.8 Å². The van der Waals surface area contributed by atoms with Gasteiger partial charge in [0, 0.05) is 30.1 Å². The fourth-order valence-electron chi connectivity index (χ4n) is 4.04. The molecule has 0 amide bonds. The molecule has 3 heterocycles. The molecule has 0 atom stereocenters. The van der Waals surface area contributed by atoms with Crippen LogP contribution in [0.25, 0.3) is 10.9 Å². The predicted molar refractivity (Wildman–Crippen MR) is 89.6 cm³/mol. The van der Waals surface area contributed by atoms with Gasteiger partial charge in [-0.15, -0.1) is 0 Å². The molecule has 2 aliphatic rings. The number of pyridine rings is 1. The molecular weight excluding hydrogens is 296 g/mol. The molecule has 1 aliphatic heterocycles. The van der Waals surface area contributed by atoms with Gasteiger partial charge in [-0.1, -0.05) is 0 Å². The van der Waals surface area contributed by atoms with E-state index in [0.717, 1.165) is 35.7 Å². The van der Waals surface area contributed by atoms with Crippen LogP contribution in [0.3, 0.4) is 0 Å². The number of ether oxygens (including phenoxy) is 1. The van der Waals surface area contributed by atoms with Crippen molar-refractivity contribution in [2.75, 3.05) is 37.1 Å². The number of thioether (sulfide) groups is 1. The highest BCUT2D eigenvalue weighted by atomic mass is 32.2. The van der Waals surface area contributed by atoms with Crippen molar-refractivity contribution in [1.29, 1.82) is 0 Å². The van der Waals surface area contributed by atoms with E-state index in [0.29, 0.717) is 11.3 Å². The summed E-state index contributed by atoms with van der Waals surface area (Å²) in [5.74, 6) is 3.81. The highest BCUT2D eigenvalue weighted by Gasteiger charge is 2.52. The molecular formula is C16H20N4OS. The summed E-state index contributed by atoms with van der Waals surface area (Å²) >= 11 is 1.97. The van der Waals surface area contributed by atoms with Crippen molar-refractivity contribution in [2.45, 2.75) is 12.8 Å². The molecule has 4 rings (SSSR count). The maximum Gasteiger partial charge on any atom is 0.240 e. The molecule has 6 heteroatoms. The maximum atomic E-state index is 5.31. The summed E-state index contributed by atoms with van der Waals surface area (Å²) < 4.78 is 5.31. The third-order valence-electron chi connectivity index (χ3n) is 4.89. The second-order valence-corrected chi connectivity index (χ2v) is 7.41. The van der Waals surface area contributed by atoms with Crippen LogP contribution in [0, 0.1) is 11.3 Å². The highest BCUT2D eigenvalue weighted by molar-refractivity contribution is 7.98. The predicted octanol–water partition coefficient (Wildman–Crippen LogP) is 2.61. The monoisotopic (exact) mass is 316 g/mol. The van der Waals surface area contributed by atoms with E-state index in [1.165, 1.54) is 18.6 Å². The van der Waals surface area contributed by atoms with Crippen molar-refractivity contribution in [3.8, 4) is 5.88 Å². The van der Waals surface area contributed by atoms with E-state index >= 15 is 0 Å². The Morgan fingerprint density at radius 1 is 1.32 bits per heavy atom. The molecule has 22 heavy (non-hydrogen) atoms. The summed E-state index contributed by atoms with van der Waals surface area (Å²) in [5, 5.41) is 1.03. The van der Waals surface area contributed by atoms with Crippen LogP contribution in [0.5, 0.6) is 5.88 Å². The Morgan fingerprint density at radius 2 is 2.14 bits per heavy atom. The lowest BCUT2D eigenvalue weighted by molar-refractivity contribution is 0.0358. The summed E-state index contributed by atoms with van der Waals surface area (Å²) in [6.45, 7) is 2.24. The highest BCUT2D eigenvalue weighted by Crippen LogP contribution is 2.53. The molecule has 116 valence electrons. The van der Waals surface area contributed by atoms with Gasteiger partial charge in [-0.25, -0.2) is 15.0 Å². The summed E-state index contributed by atoms with van der Waals surface area (Å²) in [4.78, 5) is 15.4. The van der Waals surface area contributed by atoms with Gasteiger partial charge in [0.05, 0.1) is 7.11 Å². The molecule has 1 spiro atoms. The number of fused-ring (bicyclic) bond motifs is 1. The number of hydrogen-bond donors (Lipinski definition) is 0. The van der Waals surface area contributed by atoms with E-state index in [-0.39, 0.29) is 0 Å². The molecule has 0 aromatic carbocycles. The van der Waals surface area contributed by atoms with Crippen LogP contribution in [0.15, 0.2) is 18.6 Å². The van der Waals surface area contributed by atoms with Crippen molar-refractivity contribution in [3.05, 3.63) is 18.6 Å². The van der Waals surface area contributed by atoms with Crippen molar-refractivity contribution < 1.29 is 4.74 Å². The maximum absolute atomic E-state index is 5.31. The minimum atomic E-state index is 0.550. The summed E-state index contributed by atoms with van der Waals surface area (Å²) in [6, 6.07) is 1.98. The lowest BCUT2D eigenvalue weighted by atomic mass is 9.58. The quantitative estimate of drug-likeness (QED) is 0.864. The van der Waals surface area contributed by atoms with Gasteiger partial charge in [0.2, 0.25) is 5.88 Å². The van der Waals surface area contributed by atoms with Crippen LogP contribution < -0.4 is 9.64 Å². The average molecular weight is 316 g/mol. The van der Waals surface area contributed by atoms with E-state index in [4.69, 9.17) is 4.74 Å². The molecule has 2 fully saturated rings. The van der Waals surface area contributed by atoms with Gasteiger partial charge in [0.25, 0.3) is 0 Å². The molecule has 5 nitrogen and oxygen atoms in total. The Hall–Kier alpha value is -1.56. The summed E-state index contributed by atoms with van der Waals surface area (Å²) in [7, 11) is 1.63. The first kappa shape index (κ1) is 14.1. The van der Waals surface area contributed by atoms with Crippen molar-refractivity contribution in [1.82, 2.24) is 15.0 Å². The van der Waals surface area contributed by atoms with Gasteiger partial charge in [-0.3, -0.25) is 0 Å². The van der Waals surface area contributed by atoms with Gasteiger partial charge in [-0.05, 0) is 36.8 Å². The Labute approximate surface area is 134 Å². The minimum Gasteiger partial charge on any atom is -0.479 e. The van der Waals surface area contributed by atoms with E-state index in [1.54, 1.807) is 19.6 Å². The molecule has 2 aromatic heterocycles. The number of methoxy groups -OCH3 is 1. The third kappa shape index (κ3) is 2.12. The number of anilines is 1. The third-order valence-corrected chi connectivity index (χ3v) is 5.69. The van der Waals surface area contributed by atoms with Crippen LogP contribution >= 0.6 is 11.8 Å². The molecule has 0 bridgehead atoms. The topological polar surface area (TPSA) is 51.1 Å². The molecule has 2 aromatic rings. The standard InChI is InChI=1S/C16H20N4OS/c1-21-15-13-12(3-4-17-15)14(19-10-18-13)20-8-16(9-20)5-11(6-16)7-22-2/h3-4,10-11H,5-9H2,1-2H3. The van der Waals surface area contributed by atoms with Crippen molar-refractivity contribution >= 4 is 28.5 Å². The fourth-order valence-corrected chi connectivity index (χ4v) is 4.75. The number of hydrogen-bond acceptors (Lipinski definition) is 6. The van der Waals surface area contributed by atoms with Crippen molar-refractivity contribution in [2.24, 2.45) is 11.3 Å². The first-order valence-corrected chi connectivity index (χ1v) is 9.02. The number of nitrogens with zero attached hydrogens (tertiary/aromatic N) is 4. The van der Waals surface area contributed by atoms with Crippen LogP contribution in [-0.2, 0) is 0 Å². The van der Waals surface area contributed by atoms with E-state index in [9.17, 15) is 0 Å². The van der Waals surface area contributed by atoms with Gasteiger partial charge in [0.1, 0.15) is 17.7 Å². The lowest BCUT2D eigenvalue weighted by Gasteiger charge is -2.59. The van der Waals surface area contributed by atoms with Gasteiger partial charge in [-0.2, -0.15) is 11.8 Å². The first-order chi connectivity index (χ1) is 10.7. The molecule has 1 saturated carbocycles. The average Bonchev–Trinajstić information content (AvgIpc) is 2.47. The Bertz CT molecular complexity index is 694. The van der Waals surface area contributed by atoms with Gasteiger partial charge >= 0.3 is 0 Å². The number of aromatic nitrogens is 3. The van der Waals surface area contributed by atoms with Crippen LogP contribution in [0.2, 0.25) is 0 Å². The molecule has 1 aliphatic carbocycles. The SMILES string of the molecule is COc1nccc2c(N3CC4(CC(CSC)C4)C3)ncnc12. The van der Waals surface area contributed by atoms with Crippen LogP contribution in [0.4, 0.5) is 5.82 Å². The molecule has 0 radical (unpaired) electrons. The lowest BCUT2D eigenvalue weighted by Crippen LogP contribution is -2.63. The second-order valence-electron chi connectivity index (χ2n) is 6.50. The molecule has 0 unspecified atom stereocenters. The largest absolute Gasteiger partial charge is 0.479 e. The summed E-state index contributed by atoms with van der Waals surface area (Å²) in [6.07, 6.45) is 8.33. The first-order valence-electron chi connectivity index (χ1n) is 7.62. The van der Waals surface area contributed by atoms with Crippen molar-refractivity contribution in [3.63, 3.8) is 0 Å². The normalized spacial score (nSPS) is 20.0. The smallest absolute Gasteiger partial charge is 0.240 e. The Kier molecular flexibility index (Phi) is 3.36. The Morgan fingerprint density at radius 3 is 2.86 bits per heavy atom.